The van der Waals surface area contributed by atoms with Crippen molar-refractivity contribution in [3.63, 3.8) is 0 Å². The second kappa shape index (κ2) is 8.82. The van der Waals surface area contributed by atoms with Crippen molar-refractivity contribution in [3.8, 4) is 28.3 Å². The first-order valence-corrected chi connectivity index (χ1v) is 10.8. The summed E-state index contributed by atoms with van der Waals surface area (Å²) in [5.41, 5.74) is 2.06. The predicted octanol–water partition coefficient (Wildman–Crippen LogP) is 3.47. The Balaban J connectivity index is 1.76. The molecule has 8 nitrogen and oxygen atoms in total. The van der Waals surface area contributed by atoms with Gasteiger partial charge in [-0.15, -0.1) is 0 Å². The molecule has 0 atom stereocenters. The zero-order chi connectivity index (χ0) is 22.0. The van der Waals surface area contributed by atoms with Crippen molar-refractivity contribution in [2.45, 2.75) is 38.3 Å². The summed E-state index contributed by atoms with van der Waals surface area (Å²) < 4.78 is 2.00. The van der Waals surface area contributed by atoms with Crippen LogP contribution in [-0.4, -0.2) is 55.2 Å². The number of phenolic OH excluding ortho intramolecular Hbond substituents is 1. The number of nitrogens with zero attached hydrogens (tertiary/aromatic N) is 4. The molecule has 0 spiro atoms. The number of phenols is 1. The minimum absolute atomic E-state index is 0.0834. The third-order valence-electron chi connectivity index (χ3n) is 5.18. The van der Waals surface area contributed by atoms with Crippen LogP contribution in [0.15, 0.2) is 36.7 Å². The zero-order valence-electron chi connectivity index (χ0n) is 17.6. The van der Waals surface area contributed by atoms with Crippen molar-refractivity contribution >= 4 is 17.5 Å². The molecule has 1 aromatic carbocycles. The largest absolute Gasteiger partial charge is 0.508 e. The summed E-state index contributed by atoms with van der Waals surface area (Å²) in [5.74, 6) is 0.509. The van der Waals surface area contributed by atoms with E-state index in [1.165, 1.54) is 6.07 Å². The Hall–Kier alpha value is -2.68. The molecule has 1 fully saturated rings. The quantitative estimate of drug-likeness (QED) is 0.462. The number of aromatic hydroxyl groups is 1. The first kappa shape index (κ1) is 21.5. The summed E-state index contributed by atoms with van der Waals surface area (Å²) in [7, 11) is 0. The molecule has 31 heavy (non-hydrogen) atoms. The van der Waals surface area contributed by atoms with E-state index >= 15 is 0 Å². The Labute approximate surface area is 186 Å². The maximum absolute atomic E-state index is 10.1. The molecule has 9 heteroatoms. The number of aromatic nitrogens is 4. The lowest BCUT2D eigenvalue weighted by atomic mass is 10.1. The van der Waals surface area contributed by atoms with E-state index < -0.39 is 5.60 Å². The molecule has 0 bridgehead atoms. The Morgan fingerprint density at radius 1 is 1.26 bits per heavy atom. The van der Waals surface area contributed by atoms with E-state index in [2.05, 4.69) is 20.6 Å². The molecule has 3 aromatic rings. The van der Waals surface area contributed by atoms with E-state index in [0.717, 1.165) is 37.1 Å². The summed E-state index contributed by atoms with van der Waals surface area (Å²) in [6.07, 6.45) is 5.66. The average Bonchev–Trinajstić information content (AvgIpc) is 3.18. The highest BCUT2D eigenvalue weighted by atomic mass is 35.5. The van der Waals surface area contributed by atoms with Gasteiger partial charge < -0.3 is 20.8 Å². The molecular weight excluding hydrogens is 416 g/mol. The highest BCUT2D eigenvalue weighted by molar-refractivity contribution is 6.31. The van der Waals surface area contributed by atoms with Crippen molar-refractivity contribution in [1.82, 2.24) is 25.1 Å². The smallest absolute Gasteiger partial charge is 0.223 e. The molecule has 1 aliphatic rings. The molecule has 4 rings (SSSR count). The first-order chi connectivity index (χ1) is 14.8. The number of hydrogen-bond donors (Lipinski definition) is 4. The molecule has 1 aliphatic heterocycles. The number of piperidine rings is 1. The molecule has 4 N–H and O–H groups in total. The first-order valence-electron chi connectivity index (χ1n) is 10.4. The van der Waals surface area contributed by atoms with Crippen LogP contribution in [0.25, 0.3) is 22.5 Å². The van der Waals surface area contributed by atoms with Gasteiger partial charge in [0.2, 0.25) is 5.95 Å². The highest BCUT2D eigenvalue weighted by Gasteiger charge is 2.22. The van der Waals surface area contributed by atoms with Crippen LogP contribution in [0.4, 0.5) is 5.95 Å². The van der Waals surface area contributed by atoms with Crippen molar-refractivity contribution in [1.29, 1.82) is 0 Å². The number of aliphatic hydroxyl groups is 1. The second-order valence-corrected chi connectivity index (χ2v) is 8.92. The predicted molar refractivity (Wildman–Crippen MR) is 121 cm³/mol. The molecule has 2 aromatic heterocycles. The number of benzene rings is 1. The normalized spacial score (nSPS) is 15.2. The van der Waals surface area contributed by atoms with E-state index in [1.54, 1.807) is 32.2 Å². The van der Waals surface area contributed by atoms with Gasteiger partial charge >= 0.3 is 0 Å². The molecular formula is C22H27ClN6O2. The Morgan fingerprint density at radius 2 is 2.03 bits per heavy atom. The van der Waals surface area contributed by atoms with Gasteiger partial charge in [-0.2, -0.15) is 5.10 Å². The summed E-state index contributed by atoms with van der Waals surface area (Å²) in [4.78, 5) is 8.91. The van der Waals surface area contributed by atoms with E-state index in [4.69, 9.17) is 16.7 Å². The van der Waals surface area contributed by atoms with E-state index in [9.17, 15) is 10.2 Å². The molecule has 164 valence electrons. The van der Waals surface area contributed by atoms with Crippen molar-refractivity contribution in [2.24, 2.45) is 0 Å². The summed E-state index contributed by atoms with van der Waals surface area (Å²) >= 11 is 6.20. The van der Waals surface area contributed by atoms with Crippen LogP contribution in [0, 0.1) is 0 Å². The topological polar surface area (TPSA) is 108 Å². The maximum atomic E-state index is 10.1. The van der Waals surface area contributed by atoms with Gasteiger partial charge in [0.1, 0.15) is 11.4 Å². The Bertz CT molecular complexity index is 1040. The molecule has 1 saturated heterocycles. The second-order valence-electron chi connectivity index (χ2n) is 8.48. The van der Waals surface area contributed by atoms with Gasteiger partial charge in [0.25, 0.3) is 0 Å². The minimum atomic E-state index is -0.886. The van der Waals surface area contributed by atoms with Gasteiger partial charge in [0.05, 0.1) is 17.3 Å². The van der Waals surface area contributed by atoms with Gasteiger partial charge in [0.15, 0.2) is 0 Å². The van der Waals surface area contributed by atoms with Crippen LogP contribution in [0.3, 0.4) is 0 Å². The fraction of sp³-hybridized carbons (Fsp3) is 0.409. The maximum Gasteiger partial charge on any atom is 0.223 e. The standard InChI is InChI=1S/C22H27ClN6O2/c1-22(2,31)13-26-21-25-8-5-19(27-21)18-12-29(16-3-6-24-7-4-16)28-20(18)14-9-15(23)11-17(30)10-14/h5,8-12,16,24,30-31H,3-4,6-7,13H2,1-2H3,(H,25,26,27). The summed E-state index contributed by atoms with van der Waals surface area (Å²) in [6.45, 7) is 5.66. The Morgan fingerprint density at radius 3 is 2.74 bits per heavy atom. The van der Waals surface area contributed by atoms with Crippen LogP contribution in [0.1, 0.15) is 32.7 Å². The number of halogens is 1. The van der Waals surface area contributed by atoms with Crippen LogP contribution >= 0.6 is 11.6 Å². The molecule has 0 amide bonds. The van der Waals surface area contributed by atoms with Gasteiger partial charge in [-0.05, 0) is 64.0 Å². The van der Waals surface area contributed by atoms with Crippen LogP contribution in [0.5, 0.6) is 5.75 Å². The molecule has 3 heterocycles. The molecule has 0 radical (unpaired) electrons. The fourth-order valence-electron chi connectivity index (χ4n) is 3.65. The van der Waals surface area contributed by atoms with Crippen LogP contribution < -0.4 is 10.6 Å². The third-order valence-corrected chi connectivity index (χ3v) is 5.40. The van der Waals surface area contributed by atoms with Gasteiger partial charge in [-0.3, -0.25) is 4.68 Å². The van der Waals surface area contributed by atoms with Crippen LogP contribution in [-0.2, 0) is 0 Å². The van der Waals surface area contributed by atoms with E-state index in [1.807, 2.05) is 16.9 Å². The minimum Gasteiger partial charge on any atom is -0.508 e. The van der Waals surface area contributed by atoms with Crippen LogP contribution in [0.2, 0.25) is 5.02 Å². The molecule has 0 aliphatic carbocycles. The molecule has 0 unspecified atom stereocenters. The average molecular weight is 443 g/mol. The fourth-order valence-corrected chi connectivity index (χ4v) is 3.88. The molecule has 0 saturated carbocycles. The van der Waals surface area contributed by atoms with Crippen molar-refractivity contribution < 1.29 is 10.2 Å². The number of rotatable bonds is 6. The van der Waals surface area contributed by atoms with Crippen molar-refractivity contribution in [2.75, 3.05) is 25.0 Å². The number of hydrogen-bond acceptors (Lipinski definition) is 7. The van der Waals surface area contributed by atoms with Gasteiger partial charge in [-0.1, -0.05) is 11.6 Å². The lowest BCUT2D eigenvalue weighted by Crippen LogP contribution is -2.29. The zero-order valence-corrected chi connectivity index (χ0v) is 18.4. The Kier molecular flexibility index (Phi) is 6.13. The SMILES string of the molecule is CC(C)(O)CNc1nccc(-c2cn(C3CCNCC3)nc2-c2cc(O)cc(Cl)c2)n1. The van der Waals surface area contributed by atoms with Gasteiger partial charge in [-0.25, -0.2) is 9.97 Å². The summed E-state index contributed by atoms with van der Waals surface area (Å²) in [5, 5.41) is 31.8. The third kappa shape index (κ3) is 5.33. The van der Waals surface area contributed by atoms with Crippen molar-refractivity contribution in [3.05, 3.63) is 41.7 Å². The lowest BCUT2D eigenvalue weighted by molar-refractivity contribution is 0.0943. The monoisotopic (exact) mass is 442 g/mol. The summed E-state index contributed by atoms with van der Waals surface area (Å²) in [6, 6.07) is 7.05. The number of anilines is 1. The van der Waals surface area contributed by atoms with E-state index in [-0.39, 0.29) is 11.8 Å². The lowest BCUT2D eigenvalue weighted by Gasteiger charge is -2.22. The van der Waals surface area contributed by atoms with Gasteiger partial charge in [0, 0.05) is 35.1 Å². The highest BCUT2D eigenvalue weighted by Crippen LogP contribution is 2.35. The number of nitrogens with one attached hydrogen (secondary N) is 2. The van der Waals surface area contributed by atoms with E-state index in [0.29, 0.717) is 28.9 Å².